The summed E-state index contributed by atoms with van der Waals surface area (Å²) in [5, 5.41) is 9.46. The number of carbonyl (C=O) groups is 1. The predicted molar refractivity (Wildman–Crippen MR) is 95.8 cm³/mol. The molecule has 1 aromatic carbocycles. The van der Waals surface area contributed by atoms with Gasteiger partial charge in [0, 0.05) is 12.1 Å². The number of nitrogens with zero attached hydrogens (tertiary/aromatic N) is 2. The molecule has 1 aromatic rings. The first-order chi connectivity index (χ1) is 11.0. The van der Waals surface area contributed by atoms with E-state index in [4.69, 9.17) is 5.73 Å². The van der Waals surface area contributed by atoms with E-state index in [1.807, 2.05) is 44.2 Å². The Morgan fingerprint density at radius 2 is 2.09 bits per heavy atom. The SMILES string of the molecule is C/C=C\C(=N/C(C)N)N1c2ccccc2CC1C(=O)O.C=CC. The monoisotopic (exact) mass is 315 g/mol. The highest BCUT2D eigenvalue weighted by molar-refractivity contribution is 6.10. The summed E-state index contributed by atoms with van der Waals surface area (Å²) in [4.78, 5) is 17.6. The van der Waals surface area contributed by atoms with Gasteiger partial charge in [0.05, 0.1) is 6.17 Å². The van der Waals surface area contributed by atoms with E-state index >= 15 is 0 Å². The minimum Gasteiger partial charge on any atom is -0.480 e. The van der Waals surface area contributed by atoms with Crippen LogP contribution in [0.15, 0.2) is 54.1 Å². The van der Waals surface area contributed by atoms with E-state index in [-0.39, 0.29) is 6.17 Å². The summed E-state index contributed by atoms with van der Waals surface area (Å²) < 4.78 is 0. The van der Waals surface area contributed by atoms with Crippen LogP contribution in [0.5, 0.6) is 0 Å². The van der Waals surface area contributed by atoms with Crippen LogP contribution in [0.4, 0.5) is 5.69 Å². The van der Waals surface area contributed by atoms with Crippen LogP contribution in [0.1, 0.15) is 26.3 Å². The topological polar surface area (TPSA) is 78.9 Å². The highest BCUT2D eigenvalue weighted by Gasteiger charge is 2.36. The first kappa shape index (κ1) is 18.6. The smallest absolute Gasteiger partial charge is 0.327 e. The summed E-state index contributed by atoms with van der Waals surface area (Å²) in [5.74, 6) is -0.275. The number of aliphatic imine (C=N–C) groups is 1. The number of hydrogen-bond acceptors (Lipinski definition) is 3. The second-order valence-corrected chi connectivity index (χ2v) is 5.19. The third kappa shape index (κ3) is 4.79. The fraction of sp³-hybridized carbons (Fsp3) is 0.333. The molecule has 0 radical (unpaired) electrons. The molecular formula is C18H25N3O2. The molecule has 2 unspecified atom stereocenters. The molecule has 0 spiro atoms. The molecule has 1 heterocycles. The lowest BCUT2D eigenvalue weighted by Crippen LogP contribution is -2.43. The summed E-state index contributed by atoms with van der Waals surface area (Å²) >= 11 is 0. The Kier molecular flexibility index (Phi) is 7.22. The molecule has 5 heteroatoms. The number of anilines is 1. The van der Waals surface area contributed by atoms with Gasteiger partial charge >= 0.3 is 5.97 Å². The van der Waals surface area contributed by atoms with Gasteiger partial charge in [0.1, 0.15) is 11.9 Å². The molecule has 3 N–H and O–H groups in total. The van der Waals surface area contributed by atoms with Crippen molar-refractivity contribution in [1.29, 1.82) is 0 Å². The Labute approximate surface area is 137 Å². The normalized spacial score (nSPS) is 18.2. The summed E-state index contributed by atoms with van der Waals surface area (Å²) in [6, 6.07) is 7.04. The van der Waals surface area contributed by atoms with Gasteiger partial charge in [0.2, 0.25) is 0 Å². The summed E-state index contributed by atoms with van der Waals surface area (Å²) in [7, 11) is 0. The minimum absolute atomic E-state index is 0.386. The maximum absolute atomic E-state index is 11.5. The summed E-state index contributed by atoms with van der Waals surface area (Å²) in [6.07, 6.45) is 5.46. The van der Waals surface area contributed by atoms with Crippen LogP contribution in [0.25, 0.3) is 0 Å². The molecule has 0 bridgehead atoms. The number of benzene rings is 1. The van der Waals surface area contributed by atoms with Gasteiger partial charge in [0.25, 0.3) is 0 Å². The standard InChI is InChI=1S/C15H19N3O2.C3H6/c1-3-6-14(17-10(2)16)18-12-8-5-4-7-11(12)9-13(18)15(19)20;1-3-2/h3-8,10,13H,9,16H2,1-2H3,(H,19,20);3H,1H2,2H3/b6-3-,17-14+;. The number of carboxylic acids is 1. The molecule has 0 aliphatic carbocycles. The van der Waals surface area contributed by atoms with Crippen molar-refractivity contribution in [2.75, 3.05) is 4.90 Å². The third-order valence-electron chi connectivity index (χ3n) is 3.16. The van der Waals surface area contributed by atoms with Gasteiger partial charge in [-0.2, -0.15) is 0 Å². The molecule has 0 saturated heterocycles. The van der Waals surface area contributed by atoms with Crippen LogP contribution in [0.3, 0.4) is 0 Å². The Morgan fingerprint density at radius 1 is 1.48 bits per heavy atom. The number of aliphatic carboxylic acids is 1. The molecule has 5 nitrogen and oxygen atoms in total. The molecule has 0 fully saturated rings. The van der Waals surface area contributed by atoms with E-state index in [2.05, 4.69) is 11.6 Å². The zero-order valence-corrected chi connectivity index (χ0v) is 13.9. The third-order valence-corrected chi connectivity index (χ3v) is 3.16. The molecule has 1 aliphatic rings. The van der Waals surface area contributed by atoms with Crippen molar-refractivity contribution in [2.24, 2.45) is 10.7 Å². The molecule has 0 amide bonds. The van der Waals surface area contributed by atoms with Gasteiger partial charge in [-0.1, -0.05) is 30.4 Å². The van der Waals surface area contributed by atoms with Crippen LogP contribution in [0, 0.1) is 0 Å². The highest BCUT2D eigenvalue weighted by Crippen LogP contribution is 2.32. The quantitative estimate of drug-likeness (QED) is 0.510. The first-order valence-electron chi connectivity index (χ1n) is 7.59. The van der Waals surface area contributed by atoms with Crippen molar-refractivity contribution in [1.82, 2.24) is 0 Å². The largest absolute Gasteiger partial charge is 0.480 e. The molecule has 1 aliphatic heterocycles. The van der Waals surface area contributed by atoms with Crippen molar-refractivity contribution in [2.45, 2.75) is 39.4 Å². The Bertz CT molecular complexity index is 606. The summed E-state index contributed by atoms with van der Waals surface area (Å²) in [6.45, 7) is 8.88. The number of carboxylic acid groups (broad SMARTS) is 1. The maximum atomic E-state index is 11.5. The van der Waals surface area contributed by atoms with Crippen LogP contribution in [-0.4, -0.2) is 29.1 Å². The zero-order valence-electron chi connectivity index (χ0n) is 13.9. The molecule has 124 valence electrons. The van der Waals surface area contributed by atoms with Gasteiger partial charge in [-0.15, -0.1) is 6.58 Å². The van der Waals surface area contributed by atoms with Crippen molar-refractivity contribution in [3.63, 3.8) is 0 Å². The second kappa shape index (κ2) is 8.90. The molecule has 23 heavy (non-hydrogen) atoms. The predicted octanol–water partition coefficient (Wildman–Crippen LogP) is 2.97. The number of fused-ring (bicyclic) bond motifs is 1. The maximum Gasteiger partial charge on any atom is 0.327 e. The van der Waals surface area contributed by atoms with Crippen LogP contribution >= 0.6 is 0 Å². The lowest BCUT2D eigenvalue weighted by Gasteiger charge is -2.25. The molecule has 2 atom stereocenters. The average Bonchev–Trinajstić information content (AvgIpc) is 2.87. The second-order valence-electron chi connectivity index (χ2n) is 5.19. The fourth-order valence-corrected chi connectivity index (χ4v) is 2.41. The van der Waals surface area contributed by atoms with Crippen LogP contribution < -0.4 is 10.6 Å². The molecule has 2 rings (SSSR count). The van der Waals surface area contributed by atoms with Crippen molar-refractivity contribution >= 4 is 17.5 Å². The number of nitrogens with two attached hydrogens (primary N) is 1. The highest BCUT2D eigenvalue weighted by atomic mass is 16.4. The summed E-state index contributed by atoms with van der Waals surface area (Å²) in [5.41, 5.74) is 7.64. The number of amidine groups is 1. The number of para-hydroxylation sites is 1. The Morgan fingerprint density at radius 3 is 2.61 bits per heavy atom. The number of hydrogen-bond donors (Lipinski definition) is 2. The molecule has 0 saturated carbocycles. The van der Waals surface area contributed by atoms with Gasteiger partial charge in [-0.25, -0.2) is 9.79 Å². The van der Waals surface area contributed by atoms with Gasteiger partial charge in [0.15, 0.2) is 0 Å². The van der Waals surface area contributed by atoms with Crippen molar-refractivity contribution in [3.8, 4) is 0 Å². The number of allylic oxidation sites excluding steroid dienone is 2. The number of rotatable bonds is 3. The average molecular weight is 315 g/mol. The van der Waals surface area contributed by atoms with Crippen molar-refractivity contribution < 1.29 is 9.90 Å². The van der Waals surface area contributed by atoms with Crippen LogP contribution in [0.2, 0.25) is 0 Å². The Balaban J connectivity index is 0.000000816. The zero-order chi connectivity index (χ0) is 17.4. The van der Waals surface area contributed by atoms with Gasteiger partial charge in [-0.05, 0) is 38.5 Å². The Hall–Kier alpha value is -2.40. The van der Waals surface area contributed by atoms with Gasteiger partial charge < -0.3 is 15.7 Å². The van der Waals surface area contributed by atoms with E-state index in [0.717, 1.165) is 11.3 Å². The van der Waals surface area contributed by atoms with E-state index < -0.39 is 12.0 Å². The van der Waals surface area contributed by atoms with Crippen molar-refractivity contribution in [3.05, 3.63) is 54.6 Å². The fourth-order valence-electron chi connectivity index (χ4n) is 2.41. The lowest BCUT2D eigenvalue weighted by molar-refractivity contribution is -0.138. The van der Waals surface area contributed by atoms with E-state index in [9.17, 15) is 9.90 Å². The van der Waals surface area contributed by atoms with Gasteiger partial charge in [-0.3, -0.25) is 0 Å². The minimum atomic E-state index is -0.858. The van der Waals surface area contributed by atoms with Crippen LogP contribution in [-0.2, 0) is 11.2 Å². The molecular weight excluding hydrogens is 290 g/mol. The molecule has 0 aromatic heterocycles. The van der Waals surface area contributed by atoms with E-state index in [1.54, 1.807) is 24.0 Å². The van der Waals surface area contributed by atoms with E-state index in [1.165, 1.54) is 0 Å². The lowest BCUT2D eigenvalue weighted by atomic mass is 10.1. The van der Waals surface area contributed by atoms with E-state index in [0.29, 0.717) is 12.3 Å². The first-order valence-corrected chi connectivity index (χ1v) is 7.59.